The smallest absolute Gasteiger partial charge is 0.341 e. The summed E-state index contributed by atoms with van der Waals surface area (Å²) >= 11 is 1.51. The number of amides is 1. The number of halogens is 1. The highest BCUT2D eigenvalue weighted by Gasteiger charge is 2.03. The van der Waals surface area contributed by atoms with E-state index in [0.717, 1.165) is 10.5 Å². The highest BCUT2D eigenvalue weighted by atomic mass is 32.2. The zero-order valence-corrected chi connectivity index (χ0v) is 14.9. The van der Waals surface area contributed by atoms with Gasteiger partial charge in [0, 0.05) is 23.6 Å². The number of rotatable bonds is 10. The van der Waals surface area contributed by atoms with E-state index in [9.17, 15) is 14.0 Å². The SMILES string of the molecule is O=C(O)COc1ccc(CCNC(=O)CCSc2ccc(F)cc2)cc1. The van der Waals surface area contributed by atoms with Crippen molar-refractivity contribution < 1.29 is 23.8 Å². The van der Waals surface area contributed by atoms with Crippen molar-refractivity contribution in [3.05, 3.63) is 59.9 Å². The Bertz CT molecular complexity index is 719. The van der Waals surface area contributed by atoms with Crippen molar-refractivity contribution in [3.8, 4) is 5.75 Å². The van der Waals surface area contributed by atoms with Crippen LogP contribution < -0.4 is 10.1 Å². The Morgan fingerprint density at radius 2 is 1.77 bits per heavy atom. The summed E-state index contributed by atoms with van der Waals surface area (Å²) in [5.74, 6) is -0.186. The molecule has 0 heterocycles. The molecule has 0 atom stereocenters. The van der Waals surface area contributed by atoms with Crippen molar-refractivity contribution in [2.75, 3.05) is 18.9 Å². The number of carboxylic acid groups (broad SMARTS) is 1. The van der Waals surface area contributed by atoms with Gasteiger partial charge in [0.25, 0.3) is 0 Å². The van der Waals surface area contributed by atoms with Crippen LogP contribution in [0.5, 0.6) is 5.75 Å². The van der Waals surface area contributed by atoms with Crippen LogP contribution in [0.25, 0.3) is 0 Å². The Morgan fingerprint density at radius 1 is 1.08 bits per heavy atom. The van der Waals surface area contributed by atoms with Gasteiger partial charge >= 0.3 is 5.97 Å². The highest BCUT2D eigenvalue weighted by Crippen LogP contribution is 2.18. The molecule has 7 heteroatoms. The third-order valence-corrected chi connectivity index (χ3v) is 4.45. The molecule has 0 fully saturated rings. The maximum atomic E-state index is 12.8. The Balaban J connectivity index is 1.61. The molecule has 0 saturated heterocycles. The molecule has 0 aliphatic carbocycles. The molecular formula is C19H20FNO4S. The van der Waals surface area contributed by atoms with Crippen LogP contribution in [0, 0.1) is 5.82 Å². The summed E-state index contributed by atoms with van der Waals surface area (Å²) in [6.07, 6.45) is 1.07. The predicted octanol–water partition coefficient (Wildman–Crippen LogP) is 3.13. The van der Waals surface area contributed by atoms with Gasteiger partial charge in [0.15, 0.2) is 6.61 Å². The molecule has 0 aliphatic heterocycles. The lowest BCUT2D eigenvalue weighted by molar-refractivity contribution is -0.139. The number of thioether (sulfide) groups is 1. The second kappa shape index (κ2) is 10.5. The number of aliphatic carboxylic acids is 1. The predicted molar refractivity (Wildman–Crippen MR) is 98.0 cm³/mol. The molecule has 2 N–H and O–H groups in total. The molecule has 5 nitrogen and oxygen atoms in total. The Morgan fingerprint density at radius 3 is 2.42 bits per heavy atom. The summed E-state index contributed by atoms with van der Waals surface area (Å²) in [6, 6.07) is 13.3. The van der Waals surface area contributed by atoms with E-state index >= 15 is 0 Å². The normalized spacial score (nSPS) is 10.3. The van der Waals surface area contributed by atoms with Gasteiger partial charge in [-0.05, 0) is 48.4 Å². The average molecular weight is 377 g/mol. The van der Waals surface area contributed by atoms with E-state index in [1.54, 1.807) is 24.3 Å². The van der Waals surface area contributed by atoms with Crippen molar-refractivity contribution in [3.63, 3.8) is 0 Å². The molecule has 0 spiro atoms. The number of carboxylic acids is 1. The first-order valence-electron chi connectivity index (χ1n) is 8.11. The van der Waals surface area contributed by atoms with E-state index in [1.165, 1.54) is 23.9 Å². The summed E-state index contributed by atoms with van der Waals surface area (Å²) in [4.78, 5) is 23.2. The largest absolute Gasteiger partial charge is 0.482 e. The zero-order valence-electron chi connectivity index (χ0n) is 14.1. The molecule has 2 rings (SSSR count). The van der Waals surface area contributed by atoms with Crippen LogP contribution in [0.1, 0.15) is 12.0 Å². The molecule has 0 unspecified atom stereocenters. The minimum atomic E-state index is -1.02. The van der Waals surface area contributed by atoms with Gasteiger partial charge in [-0.2, -0.15) is 0 Å². The van der Waals surface area contributed by atoms with Gasteiger partial charge in [0.2, 0.25) is 5.91 Å². The minimum absolute atomic E-state index is 0.0268. The second-order valence-electron chi connectivity index (χ2n) is 5.48. The van der Waals surface area contributed by atoms with Gasteiger partial charge in [0.1, 0.15) is 11.6 Å². The fourth-order valence-electron chi connectivity index (χ4n) is 2.12. The van der Waals surface area contributed by atoms with Crippen LogP contribution >= 0.6 is 11.8 Å². The average Bonchev–Trinajstić information content (AvgIpc) is 2.63. The number of carbonyl (C=O) groups excluding carboxylic acids is 1. The second-order valence-corrected chi connectivity index (χ2v) is 6.65. The number of nitrogens with one attached hydrogen (secondary N) is 1. The first kappa shape index (κ1) is 19.8. The quantitative estimate of drug-likeness (QED) is 0.622. The zero-order chi connectivity index (χ0) is 18.8. The van der Waals surface area contributed by atoms with Gasteiger partial charge in [-0.15, -0.1) is 11.8 Å². The van der Waals surface area contributed by atoms with E-state index in [4.69, 9.17) is 9.84 Å². The van der Waals surface area contributed by atoms with Gasteiger partial charge in [0.05, 0.1) is 0 Å². The van der Waals surface area contributed by atoms with E-state index in [-0.39, 0.29) is 18.3 Å². The van der Waals surface area contributed by atoms with Crippen LogP contribution in [-0.2, 0) is 16.0 Å². The summed E-state index contributed by atoms with van der Waals surface area (Å²) in [5.41, 5.74) is 1.02. The van der Waals surface area contributed by atoms with E-state index in [0.29, 0.717) is 30.9 Å². The fourth-order valence-corrected chi connectivity index (χ4v) is 2.98. The molecule has 26 heavy (non-hydrogen) atoms. The number of hydrogen-bond acceptors (Lipinski definition) is 4. The number of ether oxygens (including phenoxy) is 1. The Kier molecular flexibility index (Phi) is 7.95. The van der Waals surface area contributed by atoms with Crippen molar-refractivity contribution in [2.24, 2.45) is 0 Å². The first-order chi connectivity index (χ1) is 12.5. The van der Waals surface area contributed by atoms with Gasteiger partial charge in [-0.25, -0.2) is 9.18 Å². The maximum absolute atomic E-state index is 12.8. The van der Waals surface area contributed by atoms with Gasteiger partial charge in [-0.1, -0.05) is 12.1 Å². The molecule has 0 aromatic heterocycles. The summed E-state index contributed by atoms with van der Waals surface area (Å²) in [5, 5.41) is 11.4. The Hall–Kier alpha value is -2.54. The highest BCUT2D eigenvalue weighted by molar-refractivity contribution is 7.99. The molecule has 2 aromatic carbocycles. The summed E-state index contributed by atoms with van der Waals surface area (Å²) < 4.78 is 17.9. The first-order valence-corrected chi connectivity index (χ1v) is 9.10. The lowest BCUT2D eigenvalue weighted by Crippen LogP contribution is -2.25. The Labute approximate surface area is 155 Å². The molecular weight excluding hydrogens is 357 g/mol. The van der Waals surface area contributed by atoms with Gasteiger partial charge < -0.3 is 15.2 Å². The number of carbonyl (C=O) groups is 2. The van der Waals surface area contributed by atoms with E-state index in [1.807, 2.05) is 12.1 Å². The topological polar surface area (TPSA) is 75.6 Å². The monoisotopic (exact) mass is 377 g/mol. The molecule has 0 saturated carbocycles. The van der Waals surface area contributed by atoms with E-state index in [2.05, 4.69) is 5.32 Å². The lowest BCUT2D eigenvalue weighted by Gasteiger charge is -2.07. The third-order valence-electron chi connectivity index (χ3n) is 3.43. The summed E-state index contributed by atoms with van der Waals surface area (Å²) in [7, 11) is 0. The molecule has 2 aromatic rings. The standard InChI is InChI=1S/C19H20FNO4S/c20-15-3-7-17(8-4-15)26-12-10-18(22)21-11-9-14-1-5-16(6-2-14)25-13-19(23)24/h1-8H,9-13H2,(H,21,22)(H,23,24). The van der Waals surface area contributed by atoms with Gasteiger partial charge in [-0.3, -0.25) is 4.79 Å². The molecule has 0 aliphatic rings. The van der Waals surface area contributed by atoms with Crippen molar-refractivity contribution in [1.82, 2.24) is 5.32 Å². The van der Waals surface area contributed by atoms with Crippen LogP contribution in [0.3, 0.4) is 0 Å². The maximum Gasteiger partial charge on any atom is 0.341 e. The molecule has 138 valence electrons. The fraction of sp³-hybridized carbons (Fsp3) is 0.263. The van der Waals surface area contributed by atoms with Crippen molar-refractivity contribution in [1.29, 1.82) is 0 Å². The minimum Gasteiger partial charge on any atom is -0.482 e. The van der Waals surface area contributed by atoms with Crippen molar-refractivity contribution >= 4 is 23.6 Å². The van der Waals surface area contributed by atoms with Crippen LogP contribution in [0.15, 0.2) is 53.4 Å². The molecule has 0 bridgehead atoms. The lowest BCUT2D eigenvalue weighted by atomic mass is 10.1. The number of hydrogen-bond donors (Lipinski definition) is 2. The third kappa shape index (κ3) is 7.57. The summed E-state index contributed by atoms with van der Waals surface area (Å²) in [6.45, 7) is 0.153. The molecule has 1 amide bonds. The molecule has 0 radical (unpaired) electrons. The number of benzene rings is 2. The van der Waals surface area contributed by atoms with Crippen LogP contribution in [0.2, 0.25) is 0 Å². The van der Waals surface area contributed by atoms with Crippen LogP contribution in [0.4, 0.5) is 4.39 Å². The van der Waals surface area contributed by atoms with E-state index < -0.39 is 5.97 Å². The van der Waals surface area contributed by atoms with Crippen LogP contribution in [-0.4, -0.2) is 35.9 Å². The van der Waals surface area contributed by atoms with Crippen molar-refractivity contribution in [2.45, 2.75) is 17.7 Å².